The fourth-order valence-corrected chi connectivity index (χ4v) is 2.62. The SMILES string of the molecule is CC.CC.COC(=O)c1cccc(CNC(=S)NCc2ccc(C(C)(C)C)cc2)c1. The van der Waals surface area contributed by atoms with E-state index in [-0.39, 0.29) is 11.4 Å². The van der Waals surface area contributed by atoms with Gasteiger partial charge in [-0.3, -0.25) is 0 Å². The van der Waals surface area contributed by atoms with Crippen LogP contribution in [0.1, 0.15) is 75.5 Å². The molecule has 0 heterocycles. The van der Waals surface area contributed by atoms with E-state index >= 15 is 0 Å². The highest BCUT2D eigenvalue weighted by molar-refractivity contribution is 7.80. The van der Waals surface area contributed by atoms with Crippen LogP contribution >= 0.6 is 12.2 Å². The third kappa shape index (κ3) is 9.88. The van der Waals surface area contributed by atoms with Crippen molar-refractivity contribution in [2.45, 2.75) is 67.0 Å². The van der Waals surface area contributed by atoms with Crippen molar-refractivity contribution in [1.82, 2.24) is 10.6 Å². The molecular formula is C25H38N2O2S. The molecule has 0 saturated heterocycles. The van der Waals surface area contributed by atoms with Crippen LogP contribution in [-0.4, -0.2) is 18.2 Å². The van der Waals surface area contributed by atoms with E-state index in [1.54, 1.807) is 12.1 Å². The lowest BCUT2D eigenvalue weighted by atomic mass is 9.87. The van der Waals surface area contributed by atoms with Gasteiger partial charge in [0.15, 0.2) is 5.11 Å². The molecule has 166 valence electrons. The third-order valence-electron chi connectivity index (χ3n) is 4.07. The molecule has 0 bridgehead atoms. The summed E-state index contributed by atoms with van der Waals surface area (Å²) in [5.74, 6) is -0.341. The van der Waals surface area contributed by atoms with Crippen molar-refractivity contribution in [1.29, 1.82) is 0 Å². The molecule has 0 aromatic heterocycles. The Labute approximate surface area is 188 Å². The van der Waals surface area contributed by atoms with E-state index < -0.39 is 0 Å². The lowest BCUT2D eigenvalue weighted by Gasteiger charge is -2.19. The molecule has 0 unspecified atom stereocenters. The fraction of sp³-hybridized carbons (Fsp3) is 0.440. The van der Waals surface area contributed by atoms with Gasteiger partial charge in [-0.25, -0.2) is 4.79 Å². The maximum Gasteiger partial charge on any atom is 0.337 e. The van der Waals surface area contributed by atoms with Crippen LogP contribution < -0.4 is 10.6 Å². The van der Waals surface area contributed by atoms with Crippen LogP contribution in [0.4, 0.5) is 0 Å². The van der Waals surface area contributed by atoms with Gasteiger partial charge in [-0.2, -0.15) is 0 Å². The number of nitrogens with one attached hydrogen (secondary N) is 2. The number of carbonyl (C=O) groups is 1. The minimum atomic E-state index is -0.341. The van der Waals surface area contributed by atoms with E-state index in [1.165, 1.54) is 18.2 Å². The summed E-state index contributed by atoms with van der Waals surface area (Å²) in [7, 11) is 1.38. The first-order valence-electron chi connectivity index (χ1n) is 10.6. The number of rotatable bonds is 5. The van der Waals surface area contributed by atoms with Gasteiger partial charge in [-0.15, -0.1) is 0 Å². The van der Waals surface area contributed by atoms with Gasteiger partial charge in [0, 0.05) is 13.1 Å². The van der Waals surface area contributed by atoms with Crippen LogP contribution in [-0.2, 0) is 23.2 Å². The fourth-order valence-electron chi connectivity index (χ4n) is 2.48. The first-order valence-corrected chi connectivity index (χ1v) is 11.0. The zero-order valence-electron chi connectivity index (χ0n) is 19.8. The van der Waals surface area contributed by atoms with Crippen molar-refractivity contribution in [2.24, 2.45) is 0 Å². The van der Waals surface area contributed by atoms with Gasteiger partial charge in [0.25, 0.3) is 0 Å². The largest absolute Gasteiger partial charge is 0.465 e. The van der Waals surface area contributed by atoms with Crippen molar-refractivity contribution < 1.29 is 9.53 Å². The van der Waals surface area contributed by atoms with Crippen molar-refractivity contribution in [3.05, 3.63) is 70.8 Å². The van der Waals surface area contributed by atoms with E-state index in [4.69, 9.17) is 17.0 Å². The molecule has 2 aromatic carbocycles. The summed E-state index contributed by atoms with van der Waals surface area (Å²) in [6.07, 6.45) is 0. The maximum atomic E-state index is 11.6. The highest BCUT2D eigenvalue weighted by atomic mass is 32.1. The van der Waals surface area contributed by atoms with Crippen LogP contribution in [0, 0.1) is 0 Å². The van der Waals surface area contributed by atoms with Crippen molar-refractivity contribution in [3.8, 4) is 0 Å². The van der Waals surface area contributed by atoms with Gasteiger partial charge in [0.2, 0.25) is 0 Å². The molecule has 0 amide bonds. The van der Waals surface area contributed by atoms with Crippen LogP contribution in [0.3, 0.4) is 0 Å². The Bertz CT molecular complexity index is 765. The van der Waals surface area contributed by atoms with Gasteiger partial charge < -0.3 is 15.4 Å². The Balaban J connectivity index is 0.00000198. The Kier molecular flexibility index (Phi) is 13.4. The third-order valence-corrected chi connectivity index (χ3v) is 4.36. The number of carbonyl (C=O) groups excluding carboxylic acids is 1. The van der Waals surface area contributed by atoms with E-state index in [0.29, 0.717) is 23.8 Å². The Morgan fingerprint density at radius 2 is 1.43 bits per heavy atom. The molecule has 0 spiro atoms. The van der Waals surface area contributed by atoms with Crippen LogP contribution in [0.5, 0.6) is 0 Å². The average molecular weight is 431 g/mol. The molecule has 2 rings (SSSR count). The molecule has 2 N–H and O–H groups in total. The van der Waals surface area contributed by atoms with E-state index in [9.17, 15) is 4.79 Å². The van der Waals surface area contributed by atoms with Crippen LogP contribution in [0.25, 0.3) is 0 Å². The lowest BCUT2D eigenvalue weighted by Crippen LogP contribution is -2.34. The molecule has 0 atom stereocenters. The molecule has 0 fully saturated rings. The molecule has 0 radical (unpaired) electrons. The number of benzene rings is 2. The molecule has 0 aliphatic heterocycles. The maximum absolute atomic E-state index is 11.6. The summed E-state index contributed by atoms with van der Waals surface area (Å²) in [5.41, 5.74) is 4.14. The smallest absolute Gasteiger partial charge is 0.337 e. The average Bonchev–Trinajstić information content (AvgIpc) is 2.78. The summed E-state index contributed by atoms with van der Waals surface area (Å²) in [5, 5.41) is 6.94. The minimum absolute atomic E-state index is 0.154. The quantitative estimate of drug-likeness (QED) is 0.451. The number of hydrogen-bond acceptors (Lipinski definition) is 3. The topological polar surface area (TPSA) is 50.4 Å². The molecule has 0 aliphatic rings. The standard InChI is InChI=1S/C21H26N2O2S.2C2H6/c1-21(2,3)18-10-8-15(9-11-18)13-22-20(26)23-14-16-6-5-7-17(12-16)19(24)25-4;2*1-2/h5-12H,13-14H2,1-4H3,(H2,22,23,26);2*1-2H3. The number of hydrogen-bond donors (Lipinski definition) is 2. The predicted octanol–water partition coefficient (Wildman–Crippen LogP) is 5.99. The van der Waals surface area contributed by atoms with E-state index in [1.807, 2.05) is 39.8 Å². The Hall–Kier alpha value is -2.40. The van der Waals surface area contributed by atoms with Gasteiger partial charge in [-0.05, 0) is 46.5 Å². The molecule has 30 heavy (non-hydrogen) atoms. The molecule has 5 heteroatoms. The monoisotopic (exact) mass is 430 g/mol. The van der Waals surface area contributed by atoms with Crippen LogP contribution in [0.2, 0.25) is 0 Å². The normalized spacial score (nSPS) is 9.87. The summed E-state index contributed by atoms with van der Waals surface area (Å²) < 4.78 is 4.74. The number of ether oxygens (including phenoxy) is 1. The van der Waals surface area contributed by atoms with Gasteiger partial charge in [-0.1, -0.05) is 84.9 Å². The van der Waals surface area contributed by atoms with Crippen molar-refractivity contribution >= 4 is 23.3 Å². The molecule has 0 aliphatic carbocycles. The zero-order valence-corrected chi connectivity index (χ0v) is 20.6. The van der Waals surface area contributed by atoms with Crippen molar-refractivity contribution in [2.75, 3.05) is 7.11 Å². The summed E-state index contributed by atoms with van der Waals surface area (Å²) in [6, 6.07) is 15.9. The first kappa shape index (κ1) is 27.6. The lowest BCUT2D eigenvalue weighted by molar-refractivity contribution is 0.0600. The highest BCUT2D eigenvalue weighted by Gasteiger charge is 2.12. The zero-order chi connectivity index (χ0) is 23.2. The molecule has 4 nitrogen and oxygen atoms in total. The molecule has 0 saturated carbocycles. The number of esters is 1. The summed E-state index contributed by atoms with van der Waals surface area (Å²) >= 11 is 5.33. The Morgan fingerprint density at radius 1 is 0.900 bits per heavy atom. The van der Waals surface area contributed by atoms with Gasteiger partial charge in [0.1, 0.15) is 0 Å². The van der Waals surface area contributed by atoms with Gasteiger partial charge in [0.05, 0.1) is 12.7 Å². The van der Waals surface area contributed by atoms with E-state index in [0.717, 1.165) is 5.56 Å². The molecular weight excluding hydrogens is 392 g/mol. The van der Waals surface area contributed by atoms with E-state index in [2.05, 4.69) is 55.7 Å². The first-order chi connectivity index (χ1) is 14.3. The number of methoxy groups -OCH3 is 1. The molecule has 2 aromatic rings. The van der Waals surface area contributed by atoms with Gasteiger partial charge >= 0.3 is 5.97 Å². The second kappa shape index (κ2) is 14.6. The number of thiocarbonyl (C=S) groups is 1. The highest BCUT2D eigenvalue weighted by Crippen LogP contribution is 2.22. The minimum Gasteiger partial charge on any atom is -0.465 e. The van der Waals surface area contributed by atoms with Crippen LogP contribution in [0.15, 0.2) is 48.5 Å². The van der Waals surface area contributed by atoms with Crippen molar-refractivity contribution in [3.63, 3.8) is 0 Å². The predicted molar refractivity (Wildman–Crippen MR) is 132 cm³/mol. The second-order valence-electron chi connectivity index (χ2n) is 7.18. The summed E-state index contributed by atoms with van der Waals surface area (Å²) in [4.78, 5) is 11.6. The summed E-state index contributed by atoms with van der Waals surface area (Å²) in [6.45, 7) is 15.8. The second-order valence-corrected chi connectivity index (χ2v) is 7.58. The Morgan fingerprint density at radius 3 is 1.93 bits per heavy atom.